The standard InChI is InChI=1S/C20H29NO2.C2H6/c1-2-5-9-18(8-4-1)19(10-6-3-7-11-19)21-14-12-20(13-15-21)22-16-17-23-20;1-2/h1-2,4,8-9H,3,5-7,10-17H2;1-2H3. The first-order chi connectivity index (χ1) is 12.3. The van der Waals surface area contributed by atoms with Crippen molar-refractivity contribution in [3.05, 3.63) is 36.0 Å². The van der Waals surface area contributed by atoms with Crippen molar-refractivity contribution in [3.63, 3.8) is 0 Å². The van der Waals surface area contributed by atoms with Gasteiger partial charge >= 0.3 is 0 Å². The van der Waals surface area contributed by atoms with E-state index >= 15 is 0 Å². The summed E-state index contributed by atoms with van der Waals surface area (Å²) in [7, 11) is 0. The van der Waals surface area contributed by atoms with Gasteiger partial charge in [0.15, 0.2) is 5.79 Å². The average molecular weight is 346 g/mol. The predicted molar refractivity (Wildman–Crippen MR) is 104 cm³/mol. The number of rotatable bonds is 2. The third kappa shape index (κ3) is 3.94. The SMILES string of the molecule is C1=CCC=C(C2(N3CCC4(CC3)OCCO4)CCCCC2)C=C1.CC. The lowest BCUT2D eigenvalue weighted by molar-refractivity contribution is -0.192. The molecule has 3 nitrogen and oxygen atoms in total. The van der Waals surface area contributed by atoms with Gasteiger partial charge in [-0.25, -0.2) is 0 Å². The van der Waals surface area contributed by atoms with Crippen molar-refractivity contribution < 1.29 is 9.47 Å². The molecule has 4 aliphatic rings. The molecule has 25 heavy (non-hydrogen) atoms. The largest absolute Gasteiger partial charge is 0.347 e. The van der Waals surface area contributed by atoms with E-state index in [9.17, 15) is 0 Å². The van der Waals surface area contributed by atoms with E-state index in [1.165, 1.54) is 32.1 Å². The minimum absolute atomic E-state index is 0.251. The Balaban J connectivity index is 0.000000880. The summed E-state index contributed by atoms with van der Waals surface area (Å²) in [5, 5.41) is 0. The van der Waals surface area contributed by atoms with E-state index in [1.54, 1.807) is 5.57 Å². The fourth-order valence-corrected chi connectivity index (χ4v) is 4.91. The summed E-state index contributed by atoms with van der Waals surface area (Å²) in [6.07, 6.45) is 21.3. The van der Waals surface area contributed by atoms with E-state index in [4.69, 9.17) is 9.47 Å². The molecular formula is C22H35NO2. The number of hydrogen-bond acceptors (Lipinski definition) is 3. The van der Waals surface area contributed by atoms with Gasteiger partial charge in [-0.05, 0) is 24.8 Å². The van der Waals surface area contributed by atoms with Gasteiger partial charge in [0.05, 0.1) is 13.2 Å². The molecule has 0 atom stereocenters. The van der Waals surface area contributed by atoms with Crippen LogP contribution in [0.4, 0.5) is 0 Å². The fraction of sp³-hybridized carbons (Fsp3) is 0.727. The number of nitrogens with zero attached hydrogens (tertiary/aromatic N) is 1. The molecule has 4 rings (SSSR count). The Hall–Kier alpha value is -0.900. The van der Waals surface area contributed by atoms with Crippen LogP contribution in [0, 0.1) is 0 Å². The maximum atomic E-state index is 5.93. The molecule has 3 heteroatoms. The summed E-state index contributed by atoms with van der Waals surface area (Å²) in [5.41, 5.74) is 1.80. The zero-order valence-electron chi connectivity index (χ0n) is 16.1. The Labute approximate surface area is 153 Å². The Kier molecular flexibility index (Phi) is 6.54. The Morgan fingerprint density at radius 1 is 0.880 bits per heavy atom. The zero-order valence-corrected chi connectivity index (χ0v) is 16.1. The van der Waals surface area contributed by atoms with Crippen LogP contribution in [-0.2, 0) is 9.47 Å². The van der Waals surface area contributed by atoms with Gasteiger partial charge in [0.25, 0.3) is 0 Å². The van der Waals surface area contributed by atoms with E-state index in [1.807, 2.05) is 13.8 Å². The van der Waals surface area contributed by atoms with Crippen LogP contribution in [0.5, 0.6) is 0 Å². The molecule has 0 aromatic carbocycles. The Morgan fingerprint density at radius 2 is 1.56 bits per heavy atom. The second-order valence-corrected chi connectivity index (χ2v) is 7.37. The molecule has 2 aliphatic carbocycles. The van der Waals surface area contributed by atoms with Crippen LogP contribution in [-0.4, -0.2) is 42.5 Å². The number of hydrogen-bond donors (Lipinski definition) is 0. The smallest absolute Gasteiger partial charge is 0.170 e. The highest BCUT2D eigenvalue weighted by atomic mass is 16.7. The van der Waals surface area contributed by atoms with Crippen molar-refractivity contribution in [2.24, 2.45) is 0 Å². The van der Waals surface area contributed by atoms with Crippen molar-refractivity contribution >= 4 is 0 Å². The minimum atomic E-state index is -0.262. The Morgan fingerprint density at radius 3 is 2.24 bits per heavy atom. The van der Waals surface area contributed by atoms with E-state index in [0.29, 0.717) is 0 Å². The van der Waals surface area contributed by atoms with E-state index in [-0.39, 0.29) is 11.3 Å². The first kappa shape index (κ1) is 18.9. The summed E-state index contributed by atoms with van der Waals surface area (Å²) in [6.45, 7) is 7.73. The van der Waals surface area contributed by atoms with Gasteiger partial charge in [-0.2, -0.15) is 0 Å². The van der Waals surface area contributed by atoms with Crippen LogP contribution < -0.4 is 0 Å². The summed E-state index contributed by atoms with van der Waals surface area (Å²) in [5.74, 6) is -0.262. The number of likely N-dealkylation sites (tertiary alicyclic amines) is 1. The molecule has 1 spiro atoms. The first-order valence-electron chi connectivity index (χ1n) is 10.4. The van der Waals surface area contributed by atoms with Crippen LogP contribution in [0.2, 0.25) is 0 Å². The molecule has 2 heterocycles. The maximum Gasteiger partial charge on any atom is 0.170 e. The number of ether oxygens (including phenoxy) is 2. The first-order valence-corrected chi connectivity index (χ1v) is 10.4. The second-order valence-electron chi connectivity index (χ2n) is 7.37. The molecule has 0 radical (unpaired) electrons. The van der Waals surface area contributed by atoms with Gasteiger partial charge in [-0.15, -0.1) is 0 Å². The van der Waals surface area contributed by atoms with Gasteiger partial charge in [0.2, 0.25) is 0 Å². The molecule has 0 bridgehead atoms. The molecule has 2 saturated heterocycles. The van der Waals surface area contributed by atoms with E-state index < -0.39 is 0 Å². The van der Waals surface area contributed by atoms with Crippen LogP contribution >= 0.6 is 0 Å². The summed E-state index contributed by atoms with van der Waals surface area (Å²) in [4.78, 5) is 2.75. The van der Waals surface area contributed by atoms with Crippen molar-refractivity contribution in [2.45, 2.75) is 76.5 Å². The molecule has 140 valence electrons. The maximum absolute atomic E-state index is 5.93. The van der Waals surface area contributed by atoms with Gasteiger partial charge in [-0.3, -0.25) is 4.90 Å². The third-order valence-corrected chi connectivity index (χ3v) is 6.16. The minimum Gasteiger partial charge on any atom is -0.347 e. The normalized spacial score (nSPS) is 28.2. The molecule has 1 saturated carbocycles. The summed E-state index contributed by atoms with van der Waals surface area (Å²) >= 11 is 0. The lowest BCUT2D eigenvalue weighted by Gasteiger charge is -2.51. The van der Waals surface area contributed by atoms with Crippen LogP contribution in [0.15, 0.2) is 36.0 Å². The molecule has 0 N–H and O–H groups in total. The summed E-state index contributed by atoms with van der Waals surface area (Å²) < 4.78 is 11.9. The Bertz CT molecular complexity index is 498. The average Bonchev–Trinajstić information content (AvgIpc) is 2.96. The van der Waals surface area contributed by atoms with Crippen LogP contribution in [0.1, 0.15) is 65.2 Å². The molecule has 0 aromatic rings. The van der Waals surface area contributed by atoms with Gasteiger partial charge in [-0.1, -0.05) is 63.5 Å². The monoisotopic (exact) mass is 345 g/mol. The highest BCUT2D eigenvalue weighted by molar-refractivity contribution is 5.36. The number of piperidine rings is 1. The molecule has 3 fully saturated rings. The third-order valence-electron chi connectivity index (χ3n) is 6.16. The van der Waals surface area contributed by atoms with E-state index in [0.717, 1.165) is 45.6 Å². The molecule has 0 amide bonds. The van der Waals surface area contributed by atoms with Gasteiger partial charge < -0.3 is 9.47 Å². The van der Waals surface area contributed by atoms with Crippen molar-refractivity contribution in [2.75, 3.05) is 26.3 Å². The topological polar surface area (TPSA) is 21.7 Å². The molecule has 0 aromatic heterocycles. The quantitative estimate of drug-likeness (QED) is 0.703. The van der Waals surface area contributed by atoms with E-state index in [2.05, 4.69) is 35.3 Å². The van der Waals surface area contributed by atoms with Crippen LogP contribution in [0.3, 0.4) is 0 Å². The second kappa shape index (κ2) is 8.66. The van der Waals surface area contributed by atoms with Crippen molar-refractivity contribution in [1.29, 1.82) is 0 Å². The van der Waals surface area contributed by atoms with Crippen molar-refractivity contribution in [3.8, 4) is 0 Å². The molecule has 2 aliphatic heterocycles. The molecular weight excluding hydrogens is 310 g/mol. The zero-order chi connectivity index (χ0) is 17.6. The van der Waals surface area contributed by atoms with Gasteiger partial charge in [0.1, 0.15) is 0 Å². The molecule has 0 unspecified atom stereocenters. The van der Waals surface area contributed by atoms with Crippen LogP contribution in [0.25, 0.3) is 0 Å². The lowest BCUT2D eigenvalue weighted by Crippen LogP contribution is -2.57. The predicted octanol–water partition coefficient (Wildman–Crippen LogP) is 5.00. The summed E-state index contributed by atoms with van der Waals surface area (Å²) in [6, 6.07) is 0. The fourth-order valence-electron chi connectivity index (χ4n) is 4.91. The van der Waals surface area contributed by atoms with Crippen molar-refractivity contribution in [1.82, 2.24) is 4.90 Å². The number of allylic oxidation sites excluding steroid dienone is 4. The highest BCUT2D eigenvalue weighted by Crippen LogP contribution is 2.44. The van der Waals surface area contributed by atoms with Gasteiger partial charge in [0, 0.05) is 31.5 Å². The highest BCUT2D eigenvalue weighted by Gasteiger charge is 2.46. The lowest BCUT2D eigenvalue weighted by atomic mass is 9.73.